The summed E-state index contributed by atoms with van der Waals surface area (Å²) in [6, 6.07) is 8.72. The summed E-state index contributed by atoms with van der Waals surface area (Å²) < 4.78 is 0. The fraction of sp³-hybridized carbons (Fsp3) is 0.438. The second kappa shape index (κ2) is 7.57. The van der Waals surface area contributed by atoms with Gasteiger partial charge in [-0.2, -0.15) is 0 Å². The molecule has 1 aromatic carbocycles. The zero-order valence-corrected chi connectivity index (χ0v) is 12.4. The molecule has 114 valence electrons. The van der Waals surface area contributed by atoms with Crippen LogP contribution in [0.25, 0.3) is 0 Å². The van der Waals surface area contributed by atoms with Gasteiger partial charge >= 0.3 is 5.97 Å². The number of carbonyl (C=O) groups excluding carboxylic acids is 2. The van der Waals surface area contributed by atoms with Gasteiger partial charge < -0.3 is 10.4 Å². The Hall–Kier alpha value is -2.17. The lowest BCUT2D eigenvalue weighted by atomic mass is 9.96. The van der Waals surface area contributed by atoms with Crippen LogP contribution in [0, 0.1) is 0 Å². The molecular weight excluding hydrogens is 270 g/mol. The van der Waals surface area contributed by atoms with E-state index in [2.05, 4.69) is 5.32 Å². The summed E-state index contributed by atoms with van der Waals surface area (Å²) in [7, 11) is 0. The van der Waals surface area contributed by atoms with Crippen LogP contribution in [0.1, 0.15) is 49.9 Å². The Labute approximate surface area is 124 Å². The van der Waals surface area contributed by atoms with Crippen LogP contribution in [-0.4, -0.2) is 28.3 Å². The normalized spacial score (nSPS) is 13.2. The van der Waals surface area contributed by atoms with E-state index in [1.807, 2.05) is 13.0 Å². The third-order valence-electron chi connectivity index (χ3n) is 3.31. The van der Waals surface area contributed by atoms with Gasteiger partial charge in [0.2, 0.25) is 5.91 Å². The number of carbonyl (C=O) groups is 3. The lowest BCUT2D eigenvalue weighted by Crippen LogP contribution is -2.52. The van der Waals surface area contributed by atoms with Crippen LogP contribution < -0.4 is 5.32 Å². The van der Waals surface area contributed by atoms with E-state index in [0.717, 1.165) is 0 Å². The van der Waals surface area contributed by atoms with E-state index < -0.39 is 17.4 Å². The van der Waals surface area contributed by atoms with Crippen molar-refractivity contribution in [2.24, 2.45) is 0 Å². The SMILES string of the molecule is CCCC(C)(NC(=O)CCC(=O)c1ccccc1)C(=O)O. The van der Waals surface area contributed by atoms with Gasteiger partial charge in [0.25, 0.3) is 0 Å². The Kier molecular flexibility index (Phi) is 6.09. The van der Waals surface area contributed by atoms with E-state index in [0.29, 0.717) is 18.4 Å². The Morgan fingerprint density at radius 1 is 1.14 bits per heavy atom. The Morgan fingerprint density at radius 3 is 2.29 bits per heavy atom. The number of benzene rings is 1. The van der Waals surface area contributed by atoms with Crippen molar-refractivity contribution in [3.8, 4) is 0 Å². The molecule has 2 N–H and O–H groups in total. The minimum atomic E-state index is -1.28. The van der Waals surface area contributed by atoms with E-state index in [1.165, 1.54) is 6.92 Å². The molecule has 5 nitrogen and oxygen atoms in total. The Balaban J connectivity index is 2.54. The molecule has 0 radical (unpaired) electrons. The maximum Gasteiger partial charge on any atom is 0.329 e. The van der Waals surface area contributed by atoms with Crippen LogP contribution in [0.4, 0.5) is 0 Å². The molecule has 21 heavy (non-hydrogen) atoms. The van der Waals surface area contributed by atoms with E-state index in [1.54, 1.807) is 24.3 Å². The van der Waals surface area contributed by atoms with Crippen molar-refractivity contribution < 1.29 is 19.5 Å². The van der Waals surface area contributed by atoms with Crippen molar-refractivity contribution >= 4 is 17.7 Å². The molecule has 0 spiro atoms. The highest BCUT2D eigenvalue weighted by molar-refractivity contribution is 5.98. The molecule has 1 rings (SSSR count). The zero-order valence-electron chi connectivity index (χ0n) is 12.4. The molecule has 1 amide bonds. The Bertz CT molecular complexity index is 512. The van der Waals surface area contributed by atoms with Crippen molar-refractivity contribution in [3.05, 3.63) is 35.9 Å². The van der Waals surface area contributed by atoms with Crippen LogP contribution >= 0.6 is 0 Å². The largest absolute Gasteiger partial charge is 0.480 e. The van der Waals surface area contributed by atoms with Crippen molar-refractivity contribution in [2.45, 2.75) is 45.1 Å². The highest BCUT2D eigenvalue weighted by atomic mass is 16.4. The maximum absolute atomic E-state index is 11.9. The highest BCUT2D eigenvalue weighted by Gasteiger charge is 2.33. The van der Waals surface area contributed by atoms with Crippen LogP contribution in [0.15, 0.2) is 30.3 Å². The minimum Gasteiger partial charge on any atom is -0.480 e. The smallest absolute Gasteiger partial charge is 0.329 e. The maximum atomic E-state index is 11.9. The van der Waals surface area contributed by atoms with E-state index in [-0.39, 0.29) is 18.6 Å². The van der Waals surface area contributed by atoms with E-state index in [9.17, 15) is 19.5 Å². The fourth-order valence-electron chi connectivity index (χ4n) is 2.09. The monoisotopic (exact) mass is 291 g/mol. The van der Waals surface area contributed by atoms with Gasteiger partial charge in [0.05, 0.1) is 0 Å². The van der Waals surface area contributed by atoms with Crippen LogP contribution in [-0.2, 0) is 9.59 Å². The molecule has 0 bridgehead atoms. The molecule has 1 unspecified atom stereocenters. The van der Waals surface area contributed by atoms with Gasteiger partial charge in [-0.25, -0.2) is 4.79 Å². The van der Waals surface area contributed by atoms with Crippen LogP contribution in [0.3, 0.4) is 0 Å². The lowest BCUT2D eigenvalue weighted by Gasteiger charge is -2.25. The molecule has 0 aliphatic heterocycles. The first-order valence-electron chi connectivity index (χ1n) is 7.01. The van der Waals surface area contributed by atoms with Crippen molar-refractivity contribution in [2.75, 3.05) is 0 Å². The average Bonchev–Trinajstić information content (AvgIpc) is 2.45. The number of hydrogen-bond acceptors (Lipinski definition) is 3. The first-order valence-corrected chi connectivity index (χ1v) is 7.01. The molecule has 0 aromatic heterocycles. The molecule has 0 saturated carbocycles. The quantitative estimate of drug-likeness (QED) is 0.720. The summed E-state index contributed by atoms with van der Waals surface area (Å²) in [6.45, 7) is 3.34. The third kappa shape index (κ3) is 5.02. The number of rotatable bonds is 8. The Morgan fingerprint density at radius 2 is 1.76 bits per heavy atom. The summed E-state index contributed by atoms with van der Waals surface area (Å²) >= 11 is 0. The lowest BCUT2D eigenvalue weighted by molar-refractivity contribution is -0.147. The predicted octanol–water partition coefficient (Wildman–Crippen LogP) is 2.41. The van der Waals surface area contributed by atoms with Gasteiger partial charge in [-0.15, -0.1) is 0 Å². The molecule has 0 aliphatic rings. The average molecular weight is 291 g/mol. The molecule has 0 saturated heterocycles. The number of carboxylic acid groups (broad SMARTS) is 1. The second-order valence-corrected chi connectivity index (χ2v) is 5.22. The summed E-state index contributed by atoms with van der Waals surface area (Å²) in [5.41, 5.74) is -0.721. The first-order chi connectivity index (χ1) is 9.89. The van der Waals surface area contributed by atoms with Gasteiger partial charge in [-0.1, -0.05) is 43.7 Å². The van der Waals surface area contributed by atoms with Gasteiger partial charge in [-0.05, 0) is 13.3 Å². The second-order valence-electron chi connectivity index (χ2n) is 5.22. The van der Waals surface area contributed by atoms with Crippen molar-refractivity contribution in [3.63, 3.8) is 0 Å². The van der Waals surface area contributed by atoms with Gasteiger partial charge in [0.15, 0.2) is 5.78 Å². The highest BCUT2D eigenvalue weighted by Crippen LogP contribution is 2.13. The molecular formula is C16H21NO4. The minimum absolute atomic E-state index is 0.0136. The fourth-order valence-corrected chi connectivity index (χ4v) is 2.09. The summed E-state index contributed by atoms with van der Waals surface area (Å²) in [5.74, 6) is -1.61. The number of hydrogen-bond donors (Lipinski definition) is 2. The van der Waals surface area contributed by atoms with Crippen molar-refractivity contribution in [1.82, 2.24) is 5.32 Å². The summed E-state index contributed by atoms with van der Waals surface area (Å²) in [5, 5.41) is 11.7. The predicted molar refractivity (Wildman–Crippen MR) is 79.1 cm³/mol. The third-order valence-corrected chi connectivity index (χ3v) is 3.31. The molecule has 0 aliphatic carbocycles. The summed E-state index contributed by atoms with van der Waals surface area (Å²) in [4.78, 5) is 34.9. The van der Waals surface area contributed by atoms with E-state index in [4.69, 9.17) is 0 Å². The van der Waals surface area contributed by atoms with Crippen LogP contribution in [0.2, 0.25) is 0 Å². The van der Waals surface area contributed by atoms with Gasteiger partial charge in [0.1, 0.15) is 5.54 Å². The van der Waals surface area contributed by atoms with Gasteiger partial charge in [-0.3, -0.25) is 9.59 Å². The first kappa shape index (κ1) is 16.9. The topological polar surface area (TPSA) is 83.5 Å². The molecule has 5 heteroatoms. The number of amides is 1. The number of carboxylic acids is 1. The molecule has 1 aromatic rings. The standard InChI is InChI=1S/C16H21NO4/c1-3-11-16(2,15(20)21)17-14(19)10-9-13(18)12-7-5-4-6-8-12/h4-8H,3,9-11H2,1-2H3,(H,17,19)(H,20,21). The molecule has 0 fully saturated rings. The number of nitrogens with one attached hydrogen (secondary N) is 1. The van der Waals surface area contributed by atoms with E-state index >= 15 is 0 Å². The van der Waals surface area contributed by atoms with Gasteiger partial charge in [0, 0.05) is 18.4 Å². The number of ketones is 1. The van der Waals surface area contributed by atoms with Crippen molar-refractivity contribution in [1.29, 1.82) is 0 Å². The summed E-state index contributed by atoms with van der Waals surface area (Å²) in [6.07, 6.45) is 1.05. The number of Topliss-reactive ketones (excluding diaryl/α,β-unsaturated/α-hetero) is 1. The number of aliphatic carboxylic acids is 1. The van der Waals surface area contributed by atoms with Crippen LogP contribution in [0.5, 0.6) is 0 Å². The molecule has 0 heterocycles. The molecule has 1 atom stereocenters. The zero-order chi connectivity index (χ0) is 15.9.